The minimum absolute atomic E-state index is 0.101. The molecule has 0 aromatic heterocycles. The predicted molar refractivity (Wildman–Crippen MR) is 271 cm³/mol. The van der Waals surface area contributed by atoms with E-state index in [0.717, 1.165) is 17.3 Å². The zero-order chi connectivity index (χ0) is 51.4. The molecule has 68 heavy (non-hydrogen) atoms. The summed E-state index contributed by atoms with van der Waals surface area (Å²) in [7, 11) is 0. The van der Waals surface area contributed by atoms with E-state index in [1.807, 2.05) is 34.6 Å². The Kier molecular flexibility index (Phi) is 19.8. The van der Waals surface area contributed by atoms with E-state index in [4.69, 9.17) is 37.9 Å². The van der Waals surface area contributed by atoms with E-state index in [0.29, 0.717) is 71.6 Å². The van der Waals surface area contributed by atoms with E-state index >= 15 is 0 Å². The molecule has 0 amide bonds. The Bertz CT molecular complexity index is 1670. The molecule has 4 heterocycles. The third kappa shape index (κ3) is 15.8. The van der Waals surface area contributed by atoms with Crippen LogP contribution in [0.5, 0.6) is 0 Å². The topological polar surface area (TPSA) is 166 Å². The third-order valence-corrected chi connectivity index (χ3v) is 17.3. The fraction of sp³-hybridized carbons (Fsp3) is 0.925. The highest BCUT2D eigenvalue weighted by atomic mass is 127. The van der Waals surface area contributed by atoms with Crippen molar-refractivity contribution < 1.29 is 57.1 Å². The first-order valence-corrected chi connectivity index (χ1v) is 27.1. The van der Waals surface area contributed by atoms with Gasteiger partial charge in [0.15, 0.2) is 12.6 Å². The molecule has 4 rings (SSSR count). The quantitative estimate of drug-likeness (QED) is 0.0456. The van der Waals surface area contributed by atoms with Gasteiger partial charge in [-0.15, -0.1) is 0 Å². The SMILES string of the molecule is CCC(C)(CC)OCC(C)(CI)C1OCC2(COC(C(C)(C)COC(=O)CC(C(=O)OC3CC(C)(C)NC(C)(C)C3)C(CC(=O)C(C)(CC)CC)C(=O)OC3CC(C)(C)NC(C)(C)C3)OC2)CO1. The number of halogens is 1. The van der Waals surface area contributed by atoms with Gasteiger partial charge in [0.25, 0.3) is 0 Å². The molecule has 15 heteroatoms. The summed E-state index contributed by atoms with van der Waals surface area (Å²) in [4.78, 5) is 57.9. The molecule has 394 valence electrons. The lowest BCUT2D eigenvalue weighted by Crippen LogP contribution is -2.60. The highest BCUT2D eigenvalue weighted by Crippen LogP contribution is 2.42. The maximum absolute atomic E-state index is 14.7. The van der Waals surface area contributed by atoms with Gasteiger partial charge < -0.3 is 48.5 Å². The molecule has 2 N–H and O–H groups in total. The second-order valence-corrected chi connectivity index (χ2v) is 26.1. The van der Waals surface area contributed by atoms with Crippen molar-refractivity contribution in [2.24, 2.45) is 33.5 Å². The smallest absolute Gasteiger partial charge is 0.310 e. The fourth-order valence-corrected chi connectivity index (χ4v) is 11.3. The Hall–Kier alpha value is -1.47. The number of hydrogen-bond acceptors (Lipinski definition) is 14. The van der Waals surface area contributed by atoms with Gasteiger partial charge in [0.05, 0.1) is 67.7 Å². The molecule has 4 saturated heterocycles. The average molecular weight is 1080 g/mol. The lowest BCUT2D eigenvalue weighted by Gasteiger charge is -2.49. The summed E-state index contributed by atoms with van der Waals surface area (Å²) in [5, 5.41) is 7.24. The highest BCUT2D eigenvalue weighted by Gasteiger charge is 2.51. The van der Waals surface area contributed by atoms with Gasteiger partial charge in [-0.25, -0.2) is 0 Å². The summed E-state index contributed by atoms with van der Waals surface area (Å²) in [6, 6.07) is 0. The summed E-state index contributed by atoms with van der Waals surface area (Å²) in [5.74, 6) is -4.90. The lowest BCUT2D eigenvalue weighted by molar-refractivity contribution is -0.338. The van der Waals surface area contributed by atoms with Gasteiger partial charge in [-0.05, 0) is 88.0 Å². The highest BCUT2D eigenvalue weighted by molar-refractivity contribution is 14.1. The number of carbonyl (C=O) groups excluding carboxylic acids is 4. The predicted octanol–water partition coefficient (Wildman–Crippen LogP) is 9.44. The van der Waals surface area contributed by atoms with Crippen LogP contribution in [0, 0.1) is 33.5 Å². The van der Waals surface area contributed by atoms with Crippen LogP contribution in [0.2, 0.25) is 0 Å². The van der Waals surface area contributed by atoms with E-state index in [9.17, 15) is 19.2 Å². The second-order valence-electron chi connectivity index (χ2n) is 25.3. The molecular formula is C53H93IN2O12. The monoisotopic (exact) mass is 1080 g/mol. The fourth-order valence-electron chi connectivity index (χ4n) is 10.7. The molecule has 4 aliphatic heterocycles. The number of nitrogens with one attached hydrogen (secondary N) is 2. The van der Waals surface area contributed by atoms with Crippen LogP contribution in [0.15, 0.2) is 0 Å². The van der Waals surface area contributed by atoms with Crippen LogP contribution in [-0.2, 0) is 57.1 Å². The first-order chi connectivity index (χ1) is 31.2. The number of hydrogen-bond donors (Lipinski definition) is 2. The number of carbonyl (C=O) groups is 4. The summed E-state index contributed by atoms with van der Waals surface area (Å²) < 4.78 is 51.4. The van der Waals surface area contributed by atoms with Crippen LogP contribution in [-0.4, -0.2) is 120 Å². The molecular weight excluding hydrogens is 983 g/mol. The molecule has 0 saturated carbocycles. The van der Waals surface area contributed by atoms with Crippen molar-refractivity contribution in [3.05, 3.63) is 0 Å². The van der Waals surface area contributed by atoms with Crippen molar-refractivity contribution in [2.45, 2.75) is 234 Å². The Morgan fingerprint density at radius 2 is 1.00 bits per heavy atom. The van der Waals surface area contributed by atoms with Gasteiger partial charge in [0, 0.05) is 69.5 Å². The molecule has 14 nitrogen and oxygen atoms in total. The minimum atomic E-state index is -1.34. The molecule has 0 radical (unpaired) electrons. The molecule has 4 aliphatic rings. The van der Waals surface area contributed by atoms with Gasteiger partial charge >= 0.3 is 17.9 Å². The molecule has 3 unspecified atom stereocenters. The standard InChI is InChI=1S/C53H93IN2O12/c1-18-50(15,19-2)39(57)22-37(41(59)67-35-24-46(7,8)55-47(9,10)25-35)38(42(60)68-36-26-48(11,12)56-49(13,14)27-36)23-40(58)61-29-45(5,6)43-62-31-53(32-63-43)33-64-44(65-34-53)51(16,28-54)30-66-52(17,20-3)21-4/h35-38,43-44,55-56H,18-34H2,1-17H3. The van der Waals surface area contributed by atoms with Crippen LogP contribution < -0.4 is 10.6 Å². The van der Waals surface area contributed by atoms with Crippen molar-refractivity contribution in [1.82, 2.24) is 10.6 Å². The molecule has 1 spiro atoms. The van der Waals surface area contributed by atoms with E-state index in [2.05, 4.69) is 116 Å². The van der Waals surface area contributed by atoms with Crippen molar-refractivity contribution in [3.63, 3.8) is 0 Å². The first kappa shape index (κ1) is 59.1. The molecule has 0 aromatic rings. The largest absolute Gasteiger partial charge is 0.465 e. The molecule has 3 atom stereocenters. The number of piperidine rings is 2. The molecule has 0 aliphatic carbocycles. The maximum Gasteiger partial charge on any atom is 0.310 e. The number of ketones is 1. The summed E-state index contributed by atoms with van der Waals surface area (Å²) in [6.07, 6.45) is 2.14. The van der Waals surface area contributed by atoms with Gasteiger partial charge in [-0.3, -0.25) is 19.2 Å². The van der Waals surface area contributed by atoms with Crippen molar-refractivity contribution in [2.75, 3.05) is 44.1 Å². The summed E-state index contributed by atoms with van der Waals surface area (Å²) >= 11 is 2.38. The molecule has 4 fully saturated rings. The van der Waals surface area contributed by atoms with Crippen LogP contribution in [0.1, 0.15) is 182 Å². The summed E-state index contributed by atoms with van der Waals surface area (Å²) in [6.45, 7) is 36.4. The lowest BCUT2D eigenvalue weighted by atomic mass is 9.74. The normalized spacial score (nSPS) is 27.4. The van der Waals surface area contributed by atoms with Crippen LogP contribution in [0.3, 0.4) is 0 Å². The van der Waals surface area contributed by atoms with Gasteiger partial charge in [0.1, 0.15) is 24.6 Å². The Morgan fingerprint density at radius 3 is 1.38 bits per heavy atom. The van der Waals surface area contributed by atoms with Crippen LogP contribution in [0.4, 0.5) is 0 Å². The second kappa shape index (κ2) is 22.7. The Balaban J connectivity index is 1.51. The average Bonchev–Trinajstić information content (AvgIpc) is 3.23. The van der Waals surface area contributed by atoms with E-state index < -0.39 is 77.2 Å². The van der Waals surface area contributed by atoms with Crippen molar-refractivity contribution >= 4 is 46.3 Å². The number of esters is 3. The van der Waals surface area contributed by atoms with Crippen molar-refractivity contribution in [1.29, 1.82) is 0 Å². The number of Topliss-reactive ketones (excluding diaryl/α,β-unsaturated/α-hetero) is 1. The molecule has 0 bridgehead atoms. The zero-order valence-electron chi connectivity index (χ0n) is 45.3. The van der Waals surface area contributed by atoms with E-state index in [1.54, 1.807) is 0 Å². The Morgan fingerprint density at radius 1 is 0.603 bits per heavy atom. The number of ether oxygens (including phenoxy) is 8. The van der Waals surface area contributed by atoms with Crippen LogP contribution >= 0.6 is 22.6 Å². The number of alkyl halides is 1. The first-order valence-electron chi connectivity index (χ1n) is 25.6. The van der Waals surface area contributed by atoms with E-state index in [1.165, 1.54) is 0 Å². The van der Waals surface area contributed by atoms with Gasteiger partial charge in [0.2, 0.25) is 0 Å². The van der Waals surface area contributed by atoms with Crippen LogP contribution in [0.25, 0.3) is 0 Å². The summed E-state index contributed by atoms with van der Waals surface area (Å²) in [5.41, 5.74) is -3.99. The molecule has 0 aromatic carbocycles. The third-order valence-electron chi connectivity index (χ3n) is 15.5. The van der Waals surface area contributed by atoms with Gasteiger partial charge in [-0.1, -0.05) is 78.0 Å². The Labute approximate surface area is 424 Å². The number of rotatable bonds is 22. The van der Waals surface area contributed by atoms with Crippen molar-refractivity contribution in [3.8, 4) is 0 Å². The van der Waals surface area contributed by atoms with Gasteiger partial charge in [-0.2, -0.15) is 0 Å². The minimum Gasteiger partial charge on any atom is -0.465 e. The zero-order valence-corrected chi connectivity index (χ0v) is 47.4. The van der Waals surface area contributed by atoms with E-state index in [-0.39, 0.29) is 52.0 Å². The maximum atomic E-state index is 14.7.